The van der Waals surface area contributed by atoms with Gasteiger partial charge in [0.15, 0.2) is 17.3 Å². The molecule has 8 heteroatoms. The van der Waals surface area contributed by atoms with Crippen LogP contribution in [0.5, 0.6) is 11.5 Å². The molecule has 1 aromatic heterocycles. The smallest absolute Gasteiger partial charge is 0.232 e. The summed E-state index contributed by atoms with van der Waals surface area (Å²) in [6.07, 6.45) is 2.62. The number of hydrogen-bond donors (Lipinski definition) is 2. The molecule has 0 aliphatic carbocycles. The number of nitriles is 1. The van der Waals surface area contributed by atoms with E-state index in [2.05, 4.69) is 40.2 Å². The van der Waals surface area contributed by atoms with Crippen molar-refractivity contribution in [2.24, 2.45) is 5.92 Å². The zero-order chi connectivity index (χ0) is 22.9. The molecule has 0 bridgehead atoms. The Hall–Kier alpha value is -4.12. The Bertz CT molecular complexity index is 1120. The topological polar surface area (TPSA) is 119 Å². The maximum atomic E-state index is 9.73. The van der Waals surface area contributed by atoms with Gasteiger partial charge in [-0.1, -0.05) is 38.1 Å². The number of ether oxygens (including phenoxy) is 2. The second kappa shape index (κ2) is 10.8. The highest BCUT2D eigenvalue weighted by Gasteiger charge is 2.12. The standard InChI is InChI=1S/C24H26N6O2/c1-16(2)11-12-32-20-10-9-17(14-21(20)31-3)13-18(15-25)22-28-23(26)30-24(29-22)27-19-7-5-4-6-8-19/h4-10,13-14,16H,11-12H2,1-3H3,(H3,26,27,28,29,30)/b18-13+. The number of nitrogens with one attached hydrogen (secondary N) is 1. The molecule has 0 saturated heterocycles. The first-order chi connectivity index (χ1) is 15.5. The Kier molecular flexibility index (Phi) is 7.60. The van der Waals surface area contributed by atoms with E-state index < -0.39 is 0 Å². The summed E-state index contributed by atoms with van der Waals surface area (Å²) in [7, 11) is 1.58. The Labute approximate surface area is 187 Å². The lowest BCUT2D eigenvalue weighted by Crippen LogP contribution is -2.06. The molecule has 164 valence electrons. The third kappa shape index (κ3) is 6.19. The number of para-hydroxylation sites is 1. The molecule has 2 aromatic carbocycles. The highest BCUT2D eigenvalue weighted by molar-refractivity contribution is 5.87. The van der Waals surface area contributed by atoms with E-state index in [1.165, 1.54) is 0 Å². The van der Waals surface area contributed by atoms with E-state index in [9.17, 15) is 5.26 Å². The van der Waals surface area contributed by atoms with Crippen LogP contribution in [0.1, 0.15) is 31.7 Å². The number of hydrogen-bond acceptors (Lipinski definition) is 8. The molecule has 0 saturated carbocycles. The van der Waals surface area contributed by atoms with Crippen LogP contribution in [-0.2, 0) is 0 Å². The summed E-state index contributed by atoms with van der Waals surface area (Å²) in [6, 6.07) is 17.0. The van der Waals surface area contributed by atoms with Crippen LogP contribution >= 0.6 is 0 Å². The minimum absolute atomic E-state index is 0.0149. The molecule has 3 aromatic rings. The van der Waals surface area contributed by atoms with Crippen molar-refractivity contribution in [1.82, 2.24) is 15.0 Å². The minimum Gasteiger partial charge on any atom is -0.493 e. The van der Waals surface area contributed by atoms with Gasteiger partial charge in [-0.05, 0) is 48.2 Å². The Morgan fingerprint density at radius 2 is 1.91 bits per heavy atom. The van der Waals surface area contributed by atoms with Crippen LogP contribution in [0, 0.1) is 17.2 Å². The van der Waals surface area contributed by atoms with E-state index in [1.54, 1.807) is 19.3 Å². The molecule has 0 amide bonds. The fourth-order valence-corrected chi connectivity index (χ4v) is 2.83. The lowest BCUT2D eigenvalue weighted by atomic mass is 10.1. The molecule has 3 rings (SSSR count). The van der Waals surface area contributed by atoms with Crippen molar-refractivity contribution < 1.29 is 9.47 Å². The molecule has 3 N–H and O–H groups in total. The van der Waals surface area contributed by atoms with E-state index in [-0.39, 0.29) is 23.3 Å². The number of nitrogens with two attached hydrogens (primary N) is 1. The normalized spacial score (nSPS) is 11.2. The van der Waals surface area contributed by atoms with Gasteiger partial charge in [-0.25, -0.2) is 0 Å². The summed E-state index contributed by atoms with van der Waals surface area (Å²) in [6.45, 7) is 4.90. The van der Waals surface area contributed by atoms with Crippen molar-refractivity contribution in [1.29, 1.82) is 5.26 Å². The highest BCUT2D eigenvalue weighted by atomic mass is 16.5. The maximum absolute atomic E-state index is 9.73. The lowest BCUT2D eigenvalue weighted by Gasteiger charge is -2.12. The van der Waals surface area contributed by atoms with Gasteiger partial charge in [0.25, 0.3) is 0 Å². The number of nitrogen functional groups attached to an aromatic ring is 1. The predicted molar refractivity (Wildman–Crippen MR) is 125 cm³/mol. The van der Waals surface area contributed by atoms with Crippen LogP contribution in [0.3, 0.4) is 0 Å². The van der Waals surface area contributed by atoms with Gasteiger partial charge in [0.05, 0.1) is 19.3 Å². The van der Waals surface area contributed by atoms with Crippen molar-refractivity contribution in [3.63, 3.8) is 0 Å². The maximum Gasteiger partial charge on any atom is 0.232 e. The predicted octanol–water partition coefficient (Wildman–Crippen LogP) is 4.70. The monoisotopic (exact) mass is 430 g/mol. The number of benzene rings is 2. The third-order valence-electron chi connectivity index (χ3n) is 4.50. The quantitative estimate of drug-likeness (QED) is 0.469. The van der Waals surface area contributed by atoms with Crippen molar-refractivity contribution in [3.8, 4) is 17.6 Å². The summed E-state index contributed by atoms with van der Waals surface area (Å²) >= 11 is 0. The van der Waals surface area contributed by atoms with Gasteiger partial charge in [0.2, 0.25) is 11.9 Å². The minimum atomic E-state index is 0.0149. The van der Waals surface area contributed by atoms with Crippen molar-refractivity contribution in [3.05, 3.63) is 59.9 Å². The number of allylic oxidation sites excluding steroid dienone is 1. The van der Waals surface area contributed by atoms with Crippen LogP contribution in [0.4, 0.5) is 17.6 Å². The van der Waals surface area contributed by atoms with Gasteiger partial charge in [-0.3, -0.25) is 0 Å². The van der Waals surface area contributed by atoms with E-state index in [4.69, 9.17) is 15.2 Å². The fourth-order valence-electron chi connectivity index (χ4n) is 2.83. The van der Waals surface area contributed by atoms with E-state index in [0.29, 0.717) is 24.0 Å². The first-order valence-electron chi connectivity index (χ1n) is 10.2. The van der Waals surface area contributed by atoms with Crippen molar-refractivity contribution >= 4 is 29.2 Å². The van der Waals surface area contributed by atoms with Gasteiger partial charge < -0.3 is 20.5 Å². The van der Waals surface area contributed by atoms with Crippen molar-refractivity contribution in [2.45, 2.75) is 20.3 Å². The average Bonchev–Trinajstić information content (AvgIpc) is 2.78. The van der Waals surface area contributed by atoms with Gasteiger partial charge in [-0.2, -0.15) is 20.2 Å². The van der Waals surface area contributed by atoms with Gasteiger partial charge in [0.1, 0.15) is 6.07 Å². The van der Waals surface area contributed by atoms with E-state index >= 15 is 0 Å². The molecule has 0 aliphatic heterocycles. The average molecular weight is 431 g/mol. The summed E-state index contributed by atoms with van der Waals surface area (Å²) in [5.41, 5.74) is 7.64. The third-order valence-corrected chi connectivity index (χ3v) is 4.50. The Balaban J connectivity index is 1.86. The van der Waals surface area contributed by atoms with Crippen LogP contribution in [0.15, 0.2) is 48.5 Å². The lowest BCUT2D eigenvalue weighted by molar-refractivity contribution is 0.273. The zero-order valence-corrected chi connectivity index (χ0v) is 18.4. The van der Waals surface area contributed by atoms with Gasteiger partial charge in [-0.15, -0.1) is 0 Å². The zero-order valence-electron chi connectivity index (χ0n) is 18.4. The fraction of sp³-hybridized carbons (Fsp3) is 0.250. The van der Waals surface area contributed by atoms with Gasteiger partial charge in [0, 0.05) is 5.69 Å². The summed E-state index contributed by atoms with van der Waals surface area (Å²) in [5.74, 6) is 2.24. The molecular formula is C24H26N6O2. The number of aromatic nitrogens is 3. The molecule has 32 heavy (non-hydrogen) atoms. The largest absolute Gasteiger partial charge is 0.493 e. The van der Waals surface area contributed by atoms with Crippen LogP contribution in [0.25, 0.3) is 11.6 Å². The molecule has 8 nitrogen and oxygen atoms in total. The van der Waals surface area contributed by atoms with Crippen LogP contribution < -0.4 is 20.5 Å². The SMILES string of the molecule is COc1cc(/C=C(\C#N)c2nc(N)nc(Nc3ccccc3)n2)ccc1OCCC(C)C. The molecular weight excluding hydrogens is 404 g/mol. The summed E-state index contributed by atoms with van der Waals surface area (Å²) in [4.78, 5) is 12.6. The van der Waals surface area contributed by atoms with E-state index in [0.717, 1.165) is 17.7 Å². The molecule has 0 atom stereocenters. The summed E-state index contributed by atoms with van der Waals surface area (Å²) < 4.78 is 11.3. The number of anilines is 3. The molecule has 0 spiro atoms. The molecule has 0 radical (unpaired) electrons. The first kappa shape index (κ1) is 22.6. The van der Waals surface area contributed by atoms with Gasteiger partial charge >= 0.3 is 0 Å². The summed E-state index contributed by atoms with van der Waals surface area (Å²) in [5, 5.41) is 12.8. The highest BCUT2D eigenvalue weighted by Crippen LogP contribution is 2.30. The molecule has 0 unspecified atom stereocenters. The first-order valence-corrected chi connectivity index (χ1v) is 10.2. The second-order valence-electron chi connectivity index (χ2n) is 7.44. The Morgan fingerprint density at radius 1 is 1.12 bits per heavy atom. The number of rotatable bonds is 9. The second-order valence-corrected chi connectivity index (χ2v) is 7.44. The number of nitrogens with zero attached hydrogens (tertiary/aromatic N) is 4. The molecule has 1 heterocycles. The molecule has 0 fully saturated rings. The van der Waals surface area contributed by atoms with Crippen molar-refractivity contribution in [2.75, 3.05) is 24.8 Å². The van der Waals surface area contributed by atoms with E-state index in [1.807, 2.05) is 42.5 Å². The Morgan fingerprint density at radius 3 is 2.59 bits per heavy atom. The van der Waals surface area contributed by atoms with Crippen LogP contribution in [0.2, 0.25) is 0 Å². The van der Waals surface area contributed by atoms with Crippen LogP contribution in [-0.4, -0.2) is 28.7 Å². The number of methoxy groups -OCH3 is 1. The molecule has 0 aliphatic rings.